The molecule has 4 rings (SSSR count). The lowest BCUT2D eigenvalue weighted by Gasteiger charge is -2.21. The highest BCUT2D eigenvalue weighted by Crippen LogP contribution is 2.29. The molecule has 2 heterocycles. The monoisotopic (exact) mass is 391 g/mol. The van der Waals surface area contributed by atoms with Crippen LogP contribution in [0.4, 0.5) is 9.52 Å². The van der Waals surface area contributed by atoms with E-state index >= 15 is 0 Å². The van der Waals surface area contributed by atoms with Crippen molar-refractivity contribution in [1.82, 2.24) is 9.29 Å². The second-order valence-corrected chi connectivity index (χ2v) is 9.11. The first-order chi connectivity index (χ1) is 12.5. The normalized spacial score (nSPS) is 16.7. The maximum Gasteiger partial charge on any atom is 0.243 e. The number of sulfonamides is 1. The number of hydrogen-bond donors (Lipinski definition) is 0. The van der Waals surface area contributed by atoms with Gasteiger partial charge in [0.25, 0.3) is 0 Å². The Hall–Kier alpha value is -2.03. The van der Waals surface area contributed by atoms with E-state index in [1.54, 1.807) is 11.3 Å². The number of nitrogens with zero attached hydrogens (tertiary/aromatic N) is 3. The van der Waals surface area contributed by atoms with Crippen molar-refractivity contribution in [3.05, 3.63) is 54.3 Å². The Kier molecular flexibility index (Phi) is 4.64. The lowest BCUT2D eigenvalue weighted by atomic mass is 10.3. The molecule has 1 saturated heterocycles. The van der Waals surface area contributed by atoms with Gasteiger partial charge in [0.05, 0.1) is 15.1 Å². The number of thiazole rings is 1. The van der Waals surface area contributed by atoms with Gasteiger partial charge in [-0.15, -0.1) is 0 Å². The topological polar surface area (TPSA) is 53.5 Å². The molecule has 1 fully saturated rings. The van der Waals surface area contributed by atoms with E-state index in [4.69, 9.17) is 0 Å². The molecule has 3 aromatic rings. The summed E-state index contributed by atoms with van der Waals surface area (Å²) in [6.45, 7) is 2.17. The molecule has 0 N–H and O–H groups in total. The summed E-state index contributed by atoms with van der Waals surface area (Å²) in [6, 6.07) is 13.0. The van der Waals surface area contributed by atoms with Gasteiger partial charge < -0.3 is 4.90 Å². The Morgan fingerprint density at radius 3 is 2.50 bits per heavy atom. The molecule has 0 bridgehead atoms. The summed E-state index contributed by atoms with van der Waals surface area (Å²) in [6.07, 6.45) is 0.719. The Balaban J connectivity index is 1.53. The minimum Gasteiger partial charge on any atom is -0.347 e. The second-order valence-electron chi connectivity index (χ2n) is 6.16. The molecular weight excluding hydrogens is 373 g/mol. The molecule has 0 unspecified atom stereocenters. The van der Waals surface area contributed by atoms with Gasteiger partial charge in [-0.3, -0.25) is 0 Å². The van der Waals surface area contributed by atoms with Crippen molar-refractivity contribution < 1.29 is 12.8 Å². The maximum atomic E-state index is 13.1. The predicted molar refractivity (Wildman–Crippen MR) is 102 cm³/mol. The van der Waals surface area contributed by atoms with Crippen molar-refractivity contribution in [3.8, 4) is 0 Å². The number of hydrogen-bond acceptors (Lipinski definition) is 5. The van der Waals surface area contributed by atoms with Crippen LogP contribution in [0.5, 0.6) is 0 Å². The highest BCUT2D eigenvalue weighted by Gasteiger charge is 2.27. The number of anilines is 1. The SMILES string of the molecule is O=S(=O)(c1ccc(F)cc1)N1CCCN(c2nc3ccccc3s2)CC1. The van der Waals surface area contributed by atoms with Crippen LogP contribution >= 0.6 is 11.3 Å². The fraction of sp³-hybridized carbons (Fsp3) is 0.278. The van der Waals surface area contributed by atoms with Gasteiger partial charge in [-0.2, -0.15) is 4.31 Å². The summed E-state index contributed by atoms with van der Waals surface area (Å²) in [5, 5.41) is 0.923. The van der Waals surface area contributed by atoms with Gasteiger partial charge in [-0.1, -0.05) is 23.5 Å². The summed E-state index contributed by atoms with van der Waals surface area (Å²) in [5.41, 5.74) is 0.965. The van der Waals surface area contributed by atoms with Crippen LogP contribution in [-0.2, 0) is 10.0 Å². The quantitative estimate of drug-likeness (QED) is 0.687. The molecule has 8 heteroatoms. The van der Waals surface area contributed by atoms with Crippen molar-refractivity contribution in [2.24, 2.45) is 0 Å². The zero-order valence-corrected chi connectivity index (χ0v) is 15.6. The van der Waals surface area contributed by atoms with E-state index in [0.29, 0.717) is 19.6 Å². The molecular formula is C18H18FN3O2S2. The Bertz CT molecular complexity index is 985. The molecule has 26 heavy (non-hydrogen) atoms. The number of rotatable bonds is 3. The molecule has 1 aliphatic heterocycles. The van der Waals surface area contributed by atoms with Gasteiger partial charge in [0.15, 0.2) is 5.13 Å². The molecule has 1 aliphatic rings. The van der Waals surface area contributed by atoms with E-state index in [1.807, 2.05) is 24.3 Å². The summed E-state index contributed by atoms with van der Waals surface area (Å²) >= 11 is 1.62. The molecule has 5 nitrogen and oxygen atoms in total. The smallest absolute Gasteiger partial charge is 0.243 e. The standard InChI is InChI=1S/C18H18FN3O2S2/c19-14-6-8-15(9-7-14)26(23,24)22-11-3-10-21(12-13-22)18-20-16-4-1-2-5-17(16)25-18/h1-2,4-9H,3,10-13H2. The molecule has 0 saturated carbocycles. The third kappa shape index (κ3) is 3.32. The van der Waals surface area contributed by atoms with Crippen molar-refractivity contribution >= 4 is 36.7 Å². The Labute approximate surface area is 155 Å². The third-order valence-electron chi connectivity index (χ3n) is 4.46. The largest absolute Gasteiger partial charge is 0.347 e. The highest BCUT2D eigenvalue weighted by atomic mass is 32.2. The Morgan fingerprint density at radius 1 is 0.962 bits per heavy atom. The number of benzene rings is 2. The van der Waals surface area contributed by atoms with Crippen LogP contribution in [0, 0.1) is 5.82 Å². The van der Waals surface area contributed by atoms with E-state index in [-0.39, 0.29) is 4.90 Å². The van der Waals surface area contributed by atoms with Crippen LogP contribution in [0.3, 0.4) is 0 Å². The van der Waals surface area contributed by atoms with Crippen LogP contribution in [-0.4, -0.2) is 43.9 Å². The van der Waals surface area contributed by atoms with Crippen LogP contribution in [0.25, 0.3) is 10.2 Å². The van der Waals surface area contributed by atoms with Crippen LogP contribution in [0.2, 0.25) is 0 Å². The summed E-state index contributed by atoms with van der Waals surface area (Å²) in [7, 11) is -3.61. The van der Waals surface area contributed by atoms with Crippen molar-refractivity contribution in [2.75, 3.05) is 31.1 Å². The first-order valence-corrected chi connectivity index (χ1v) is 10.7. The molecule has 0 atom stereocenters. The average Bonchev–Trinajstić information content (AvgIpc) is 2.90. The van der Waals surface area contributed by atoms with Crippen molar-refractivity contribution in [1.29, 1.82) is 0 Å². The lowest BCUT2D eigenvalue weighted by molar-refractivity contribution is 0.433. The molecule has 0 amide bonds. The zero-order valence-electron chi connectivity index (χ0n) is 14.0. The molecule has 0 aliphatic carbocycles. The van der Waals surface area contributed by atoms with E-state index < -0.39 is 15.8 Å². The third-order valence-corrected chi connectivity index (χ3v) is 7.47. The molecule has 1 aromatic heterocycles. The zero-order chi connectivity index (χ0) is 18.1. The van der Waals surface area contributed by atoms with Gasteiger partial charge in [0, 0.05) is 26.2 Å². The average molecular weight is 391 g/mol. The minimum absolute atomic E-state index is 0.132. The van der Waals surface area contributed by atoms with Crippen LogP contribution in [0.15, 0.2) is 53.4 Å². The van der Waals surface area contributed by atoms with Gasteiger partial charge in [0.2, 0.25) is 10.0 Å². The number of halogens is 1. The van der Waals surface area contributed by atoms with Gasteiger partial charge in [-0.05, 0) is 42.8 Å². The number of aromatic nitrogens is 1. The van der Waals surface area contributed by atoms with Gasteiger partial charge in [0.1, 0.15) is 5.82 Å². The van der Waals surface area contributed by atoms with Crippen LogP contribution in [0.1, 0.15) is 6.42 Å². The first-order valence-electron chi connectivity index (χ1n) is 8.40. The maximum absolute atomic E-state index is 13.1. The van der Waals surface area contributed by atoms with Crippen LogP contribution < -0.4 is 4.90 Å². The van der Waals surface area contributed by atoms with E-state index in [1.165, 1.54) is 28.6 Å². The summed E-state index contributed by atoms with van der Waals surface area (Å²) in [5.74, 6) is -0.443. The molecule has 0 radical (unpaired) electrons. The fourth-order valence-electron chi connectivity index (χ4n) is 3.08. The number of para-hydroxylation sites is 1. The second kappa shape index (κ2) is 6.94. The Morgan fingerprint density at radius 2 is 1.73 bits per heavy atom. The molecule has 136 valence electrons. The summed E-state index contributed by atoms with van der Waals surface area (Å²) in [4.78, 5) is 6.94. The van der Waals surface area contributed by atoms with E-state index in [2.05, 4.69) is 9.88 Å². The minimum atomic E-state index is -3.61. The predicted octanol–water partition coefficient (Wildman–Crippen LogP) is 3.34. The molecule has 2 aromatic carbocycles. The molecule has 0 spiro atoms. The van der Waals surface area contributed by atoms with E-state index in [9.17, 15) is 12.8 Å². The van der Waals surface area contributed by atoms with E-state index in [0.717, 1.165) is 28.3 Å². The first kappa shape index (κ1) is 17.4. The number of fused-ring (bicyclic) bond motifs is 1. The van der Waals surface area contributed by atoms with Crippen molar-refractivity contribution in [2.45, 2.75) is 11.3 Å². The van der Waals surface area contributed by atoms with Gasteiger partial charge in [-0.25, -0.2) is 17.8 Å². The fourth-order valence-corrected chi connectivity index (χ4v) is 5.56. The lowest BCUT2D eigenvalue weighted by Crippen LogP contribution is -2.35. The van der Waals surface area contributed by atoms with Gasteiger partial charge >= 0.3 is 0 Å². The van der Waals surface area contributed by atoms with Crippen molar-refractivity contribution in [3.63, 3.8) is 0 Å². The highest BCUT2D eigenvalue weighted by molar-refractivity contribution is 7.89. The summed E-state index contributed by atoms with van der Waals surface area (Å²) < 4.78 is 41.3.